The van der Waals surface area contributed by atoms with Crippen molar-refractivity contribution >= 4 is 21.5 Å². The minimum atomic E-state index is -4.51. The molecule has 15 heavy (non-hydrogen) atoms. The zero-order valence-electron chi connectivity index (χ0n) is 7.41. The monoisotopic (exact) mass is 261 g/mol. The van der Waals surface area contributed by atoms with E-state index in [4.69, 9.17) is 0 Å². The predicted octanol–water partition coefficient (Wildman–Crippen LogP) is 1.64. The Morgan fingerprint density at radius 2 is 2.13 bits per heavy atom. The quantitative estimate of drug-likeness (QED) is 0.776. The summed E-state index contributed by atoms with van der Waals surface area (Å²) in [5.74, 6) is 0. The molecular weight excluding hydrogens is 255 g/mol. The predicted molar refractivity (Wildman–Crippen MR) is 46.7 cm³/mol. The van der Waals surface area contributed by atoms with Crippen molar-refractivity contribution in [3.63, 3.8) is 0 Å². The van der Waals surface area contributed by atoms with E-state index in [1.54, 1.807) is 0 Å². The van der Waals surface area contributed by atoms with Crippen LogP contribution in [0, 0.1) is 0 Å². The third kappa shape index (κ3) is 4.14. The molecular formula is C6H6F3NO3S2. The molecule has 0 atom stereocenters. The Hall–Kier alpha value is -0.670. The molecule has 1 aromatic heterocycles. The van der Waals surface area contributed by atoms with Crippen molar-refractivity contribution in [2.24, 2.45) is 0 Å². The van der Waals surface area contributed by atoms with Gasteiger partial charge in [0.2, 0.25) is 0 Å². The molecule has 1 aromatic rings. The lowest BCUT2D eigenvalue weighted by Gasteiger charge is -2.00. The van der Waals surface area contributed by atoms with Crippen LogP contribution in [0.25, 0.3) is 0 Å². The van der Waals surface area contributed by atoms with Crippen molar-refractivity contribution in [2.45, 2.75) is 12.8 Å². The lowest BCUT2D eigenvalue weighted by atomic mass is 10.5. The number of thiazole rings is 1. The van der Waals surface area contributed by atoms with Crippen molar-refractivity contribution in [2.75, 3.05) is 6.26 Å². The molecule has 0 saturated carbocycles. The second-order valence-corrected chi connectivity index (χ2v) is 5.18. The van der Waals surface area contributed by atoms with Gasteiger partial charge in [-0.25, -0.2) is 4.98 Å². The summed E-state index contributed by atoms with van der Waals surface area (Å²) in [6, 6.07) is 0. The fourth-order valence-corrected chi connectivity index (χ4v) is 1.78. The van der Waals surface area contributed by atoms with Crippen molar-refractivity contribution < 1.29 is 25.8 Å². The van der Waals surface area contributed by atoms with Gasteiger partial charge < -0.3 is 0 Å². The van der Waals surface area contributed by atoms with Gasteiger partial charge in [0.1, 0.15) is 11.6 Å². The highest BCUT2D eigenvalue weighted by Crippen LogP contribution is 2.30. The molecule has 0 aliphatic carbocycles. The van der Waals surface area contributed by atoms with Gasteiger partial charge in [-0.05, 0) is 0 Å². The van der Waals surface area contributed by atoms with Crippen LogP contribution in [0.3, 0.4) is 0 Å². The van der Waals surface area contributed by atoms with Gasteiger partial charge in [-0.15, -0.1) is 11.3 Å². The van der Waals surface area contributed by atoms with Gasteiger partial charge in [-0.3, -0.25) is 4.18 Å². The van der Waals surface area contributed by atoms with Crippen LogP contribution in [0.5, 0.6) is 0 Å². The molecule has 1 rings (SSSR count). The Balaban J connectivity index is 2.70. The molecule has 0 spiro atoms. The van der Waals surface area contributed by atoms with E-state index in [0.717, 1.165) is 11.6 Å². The zero-order valence-corrected chi connectivity index (χ0v) is 9.04. The molecule has 86 valence electrons. The molecule has 0 unspecified atom stereocenters. The first-order chi connectivity index (χ1) is 6.68. The molecule has 0 aromatic carbocycles. The molecule has 0 aliphatic rings. The number of halogens is 3. The van der Waals surface area contributed by atoms with Gasteiger partial charge in [0.15, 0.2) is 5.69 Å². The molecule has 0 radical (unpaired) electrons. The van der Waals surface area contributed by atoms with Crippen LogP contribution >= 0.6 is 11.3 Å². The molecule has 0 bridgehead atoms. The Kier molecular flexibility index (Phi) is 3.36. The zero-order chi connectivity index (χ0) is 11.7. The normalized spacial score (nSPS) is 13.1. The van der Waals surface area contributed by atoms with E-state index in [1.807, 2.05) is 0 Å². The number of aromatic nitrogens is 1. The first kappa shape index (κ1) is 12.4. The highest BCUT2D eigenvalue weighted by atomic mass is 32.2. The number of alkyl halides is 3. The van der Waals surface area contributed by atoms with Crippen LogP contribution in [-0.2, 0) is 27.1 Å². The van der Waals surface area contributed by atoms with Crippen molar-refractivity contribution in [1.29, 1.82) is 0 Å². The summed E-state index contributed by atoms with van der Waals surface area (Å²) >= 11 is 0.697. The second-order valence-electron chi connectivity index (χ2n) is 2.59. The molecule has 0 saturated heterocycles. The van der Waals surface area contributed by atoms with Crippen LogP contribution in [0.15, 0.2) is 5.38 Å². The minimum Gasteiger partial charge on any atom is -0.263 e. The van der Waals surface area contributed by atoms with E-state index in [0.29, 0.717) is 11.3 Å². The van der Waals surface area contributed by atoms with Gasteiger partial charge in [0.25, 0.3) is 10.1 Å². The molecule has 0 amide bonds. The summed E-state index contributed by atoms with van der Waals surface area (Å²) in [6.07, 6.45) is -3.70. The number of nitrogens with zero attached hydrogens (tertiary/aromatic N) is 1. The summed E-state index contributed by atoms with van der Waals surface area (Å²) in [7, 11) is -3.66. The topological polar surface area (TPSA) is 56.3 Å². The summed E-state index contributed by atoms with van der Waals surface area (Å²) < 4.78 is 61.6. The highest BCUT2D eigenvalue weighted by Gasteiger charge is 2.33. The maximum atomic E-state index is 12.1. The smallest absolute Gasteiger partial charge is 0.263 e. The third-order valence-corrected chi connectivity index (χ3v) is 2.61. The van der Waals surface area contributed by atoms with Gasteiger partial charge in [-0.1, -0.05) is 0 Å². The number of hydrogen-bond donors (Lipinski definition) is 0. The second kappa shape index (κ2) is 4.06. The first-order valence-corrected chi connectivity index (χ1v) is 6.24. The summed E-state index contributed by atoms with van der Waals surface area (Å²) in [6.45, 7) is -0.473. The maximum absolute atomic E-state index is 12.1. The van der Waals surface area contributed by atoms with Gasteiger partial charge in [-0.2, -0.15) is 21.6 Å². The third-order valence-electron chi connectivity index (χ3n) is 1.24. The van der Waals surface area contributed by atoms with Crippen LogP contribution in [0.2, 0.25) is 0 Å². The molecule has 4 nitrogen and oxygen atoms in total. The van der Waals surface area contributed by atoms with E-state index < -0.39 is 28.6 Å². The van der Waals surface area contributed by atoms with Crippen LogP contribution in [-0.4, -0.2) is 19.7 Å². The van der Waals surface area contributed by atoms with Crippen molar-refractivity contribution in [3.8, 4) is 0 Å². The molecule has 0 fully saturated rings. The van der Waals surface area contributed by atoms with Crippen molar-refractivity contribution in [1.82, 2.24) is 4.98 Å². The largest absolute Gasteiger partial charge is 0.434 e. The highest BCUT2D eigenvalue weighted by molar-refractivity contribution is 7.85. The van der Waals surface area contributed by atoms with E-state index in [2.05, 4.69) is 9.17 Å². The summed E-state index contributed by atoms with van der Waals surface area (Å²) in [4.78, 5) is 3.19. The van der Waals surface area contributed by atoms with E-state index in [-0.39, 0.29) is 5.01 Å². The summed E-state index contributed by atoms with van der Waals surface area (Å²) in [5, 5.41) is 0.772. The SMILES string of the molecule is CS(=O)(=O)OCc1nc(C(F)(F)F)cs1. The maximum Gasteiger partial charge on any atom is 0.434 e. The van der Waals surface area contributed by atoms with E-state index in [9.17, 15) is 21.6 Å². The number of rotatable bonds is 3. The minimum absolute atomic E-state index is 0.0345. The van der Waals surface area contributed by atoms with Gasteiger partial charge in [0.05, 0.1) is 6.26 Å². The summed E-state index contributed by atoms with van der Waals surface area (Å²) in [5.41, 5.74) is -1.04. The van der Waals surface area contributed by atoms with Crippen LogP contribution in [0.1, 0.15) is 10.7 Å². The molecule has 1 heterocycles. The number of hydrogen-bond acceptors (Lipinski definition) is 5. The first-order valence-electron chi connectivity index (χ1n) is 3.54. The van der Waals surface area contributed by atoms with Crippen LogP contribution in [0.4, 0.5) is 13.2 Å². The molecule has 0 N–H and O–H groups in total. The fourth-order valence-electron chi connectivity index (χ4n) is 0.665. The van der Waals surface area contributed by atoms with Gasteiger partial charge >= 0.3 is 6.18 Å². The fraction of sp³-hybridized carbons (Fsp3) is 0.500. The lowest BCUT2D eigenvalue weighted by molar-refractivity contribution is -0.140. The van der Waals surface area contributed by atoms with Crippen LogP contribution < -0.4 is 0 Å². The van der Waals surface area contributed by atoms with E-state index >= 15 is 0 Å². The Morgan fingerprint density at radius 1 is 1.53 bits per heavy atom. The average molecular weight is 261 g/mol. The Bertz CT molecular complexity index is 437. The Morgan fingerprint density at radius 3 is 2.53 bits per heavy atom. The lowest BCUT2D eigenvalue weighted by Crippen LogP contribution is -2.06. The average Bonchev–Trinajstić information content (AvgIpc) is 2.45. The Labute approximate surface area is 87.8 Å². The van der Waals surface area contributed by atoms with Gasteiger partial charge in [0, 0.05) is 5.38 Å². The molecule has 0 aliphatic heterocycles. The van der Waals surface area contributed by atoms with Crippen molar-refractivity contribution in [3.05, 3.63) is 16.1 Å². The standard InChI is InChI=1S/C6H6F3NO3S2/c1-15(11,12)13-2-5-10-4(3-14-5)6(7,8)9/h3H,2H2,1H3. The molecule has 9 heteroatoms. The van der Waals surface area contributed by atoms with E-state index in [1.165, 1.54) is 0 Å².